The van der Waals surface area contributed by atoms with Gasteiger partial charge in [-0.1, -0.05) is 12.2 Å². The van der Waals surface area contributed by atoms with Crippen LogP contribution in [0.5, 0.6) is 0 Å². The van der Waals surface area contributed by atoms with Crippen molar-refractivity contribution < 1.29 is 14.6 Å². The molecule has 1 rings (SSSR count). The Morgan fingerprint density at radius 1 is 1.75 bits per heavy atom. The van der Waals surface area contributed by atoms with Gasteiger partial charge < -0.3 is 20.5 Å². The Labute approximate surface area is 101 Å². The number of aliphatic hydroxyl groups is 1. The molecule has 0 spiro atoms. The van der Waals surface area contributed by atoms with E-state index < -0.39 is 5.92 Å². The first-order valence-corrected chi connectivity index (χ1v) is 5.70. The summed E-state index contributed by atoms with van der Waals surface area (Å²) in [5, 5.41) is 9.01. The van der Waals surface area contributed by atoms with Gasteiger partial charge >= 0.3 is 0 Å². The molecule has 0 aliphatic carbocycles. The van der Waals surface area contributed by atoms with Crippen LogP contribution in [-0.4, -0.2) is 52.8 Å². The number of nitrogens with zero attached hydrogens (tertiary/aromatic N) is 1. The summed E-state index contributed by atoms with van der Waals surface area (Å²) in [7, 11) is 0. The maximum Gasteiger partial charge on any atom is 0.232 e. The Morgan fingerprint density at radius 2 is 2.38 bits per heavy atom. The third kappa shape index (κ3) is 2.90. The van der Waals surface area contributed by atoms with Crippen LogP contribution in [0.1, 0.15) is 13.8 Å². The predicted molar refractivity (Wildman–Crippen MR) is 64.0 cm³/mol. The van der Waals surface area contributed by atoms with E-state index >= 15 is 0 Å². The molecule has 1 aliphatic rings. The van der Waals surface area contributed by atoms with Crippen molar-refractivity contribution in [3.63, 3.8) is 0 Å². The Hall–Kier alpha value is -0.720. The number of carbonyl (C=O) groups excluding carboxylic acids is 1. The second-order valence-electron chi connectivity index (χ2n) is 4.10. The quantitative estimate of drug-likeness (QED) is 0.658. The molecule has 3 atom stereocenters. The van der Waals surface area contributed by atoms with Gasteiger partial charge in [0.2, 0.25) is 5.91 Å². The van der Waals surface area contributed by atoms with E-state index in [-0.39, 0.29) is 29.6 Å². The van der Waals surface area contributed by atoms with Crippen LogP contribution in [0.25, 0.3) is 0 Å². The van der Waals surface area contributed by atoms with Crippen LogP contribution in [-0.2, 0) is 9.53 Å². The van der Waals surface area contributed by atoms with Crippen LogP contribution < -0.4 is 5.73 Å². The van der Waals surface area contributed by atoms with Gasteiger partial charge in [-0.15, -0.1) is 0 Å². The molecule has 1 amide bonds. The minimum Gasteiger partial charge on any atom is -0.394 e. The summed E-state index contributed by atoms with van der Waals surface area (Å²) in [6.45, 7) is 4.33. The third-order valence-corrected chi connectivity index (χ3v) is 3.14. The summed E-state index contributed by atoms with van der Waals surface area (Å²) < 4.78 is 5.35. The zero-order chi connectivity index (χ0) is 12.3. The number of hydrogen-bond donors (Lipinski definition) is 2. The first-order valence-electron chi connectivity index (χ1n) is 5.29. The van der Waals surface area contributed by atoms with Gasteiger partial charge in [0.15, 0.2) is 0 Å². The average molecular weight is 246 g/mol. The van der Waals surface area contributed by atoms with Crippen molar-refractivity contribution in [2.24, 2.45) is 11.7 Å². The van der Waals surface area contributed by atoms with E-state index in [0.29, 0.717) is 13.2 Å². The number of hydrogen-bond acceptors (Lipinski definition) is 4. The van der Waals surface area contributed by atoms with Crippen LogP contribution in [0.4, 0.5) is 0 Å². The molecule has 0 saturated carbocycles. The molecule has 6 heteroatoms. The minimum atomic E-state index is -0.463. The number of carbonyl (C=O) groups is 1. The van der Waals surface area contributed by atoms with Gasteiger partial charge in [0.05, 0.1) is 36.3 Å². The molecular weight excluding hydrogens is 228 g/mol. The number of amides is 1. The zero-order valence-electron chi connectivity index (χ0n) is 9.55. The van der Waals surface area contributed by atoms with Gasteiger partial charge in [0, 0.05) is 6.54 Å². The molecule has 0 aromatic carbocycles. The van der Waals surface area contributed by atoms with Crippen molar-refractivity contribution in [2.75, 3.05) is 19.8 Å². The number of nitrogens with two attached hydrogens (primary N) is 1. The van der Waals surface area contributed by atoms with Crippen molar-refractivity contribution in [3.05, 3.63) is 0 Å². The molecule has 1 fully saturated rings. The Kier molecular flexibility index (Phi) is 4.64. The SMILES string of the molecule is CC(C(=O)N1CC(CO)OCC1C)C(N)=S. The highest BCUT2D eigenvalue weighted by Gasteiger charge is 2.32. The molecule has 5 nitrogen and oxygen atoms in total. The van der Waals surface area contributed by atoms with Crippen molar-refractivity contribution in [2.45, 2.75) is 26.0 Å². The fourth-order valence-corrected chi connectivity index (χ4v) is 1.71. The van der Waals surface area contributed by atoms with Crippen molar-refractivity contribution in [1.82, 2.24) is 4.90 Å². The van der Waals surface area contributed by atoms with Crippen LogP contribution in [0.2, 0.25) is 0 Å². The van der Waals surface area contributed by atoms with Crippen molar-refractivity contribution in [1.29, 1.82) is 0 Å². The molecule has 3 N–H and O–H groups in total. The smallest absolute Gasteiger partial charge is 0.232 e. The number of morpholine rings is 1. The van der Waals surface area contributed by atoms with E-state index in [0.717, 1.165) is 0 Å². The molecule has 0 radical (unpaired) electrons. The summed E-state index contributed by atoms with van der Waals surface area (Å²) in [6, 6.07) is -0.00731. The topological polar surface area (TPSA) is 75.8 Å². The Balaban J connectivity index is 2.69. The molecular formula is C10H18N2O3S. The molecule has 1 saturated heterocycles. The fraction of sp³-hybridized carbons (Fsp3) is 0.800. The largest absolute Gasteiger partial charge is 0.394 e. The second-order valence-corrected chi connectivity index (χ2v) is 4.57. The lowest BCUT2D eigenvalue weighted by atomic mass is 10.1. The third-order valence-electron chi connectivity index (χ3n) is 2.79. The molecule has 0 aromatic heterocycles. The normalized spacial score (nSPS) is 27.6. The monoisotopic (exact) mass is 246 g/mol. The van der Waals surface area contributed by atoms with Gasteiger partial charge in [-0.2, -0.15) is 0 Å². The highest BCUT2D eigenvalue weighted by Crippen LogP contribution is 2.15. The summed E-state index contributed by atoms with van der Waals surface area (Å²) in [5.74, 6) is -0.559. The van der Waals surface area contributed by atoms with Crippen molar-refractivity contribution in [3.8, 4) is 0 Å². The number of aliphatic hydroxyl groups excluding tert-OH is 1. The highest BCUT2D eigenvalue weighted by atomic mass is 32.1. The van der Waals surface area contributed by atoms with Gasteiger partial charge in [0.25, 0.3) is 0 Å². The van der Waals surface area contributed by atoms with Crippen molar-refractivity contribution >= 4 is 23.1 Å². The van der Waals surface area contributed by atoms with E-state index in [2.05, 4.69) is 0 Å². The van der Waals surface area contributed by atoms with E-state index in [1.165, 1.54) is 0 Å². The van der Waals surface area contributed by atoms with E-state index in [4.69, 9.17) is 27.8 Å². The molecule has 92 valence electrons. The summed E-state index contributed by atoms with van der Waals surface area (Å²) in [4.78, 5) is 13.9. The zero-order valence-corrected chi connectivity index (χ0v) is 10.4. The van der Waals surface area contributed by atoms with E-state index in [9.17, 15) is 4.79 Å². The summed E-state index contributed by atoms with van der Waals surface area (Å²) >= 11 is 4.81. The number of ether oxygens (including phenoxy) is 1. The Bertz CT molecular complexity index is 285. The van der Waals surface area contributed by atoms with Crippen LogP contribution in [0.15, 0.2) is 0 Å². The lowest BCUT2D eigenvalue weighted by Crippen LogP contribution is -2.54. The average Bonchev–Trinajstić information content (AvgIpc) is 2.27. The van der Waals surface area contributed by atoms with E-state index in [1.807, 2.05) is 6.92 Å². The van der Waals surface area contributed by atoms with Crippen LogP contribution >= 0.6 is 12.2 Å². The maximum absolute atomic E-state index is 12.0. The van der Waals surface area contributed by atoms with Crippen LogP contribution in [0.3, 0.4) is 0 Å². The Morgan fingerprint density at radius 3 is 2.88 bits per heavy atom. The molecule has 16 heavy (non-hydrogen) atoms. The molecule has 1 heterocycles. The lowest BCUT2D eigenvalue weighted by Gasteiger charge is -2.38. The van der Waals surface area contributed by atoms with Gasteiger partial charge in [-0.05, 0) is 13.8 Å². The van der Waals surface area contributed by atoms with E-state index in [1.54, 1.807) is 11.8 Å². The summed E-state index contributed by atoms with van der Waals surface area (Å²) in [6.07, 6.45) is -0.307. The number of rotatable bonds is 3. The summed E-state index contributed by atoms with van der Waals surface area (Å²) in [5.41, 5.74) is 5.46. The predicted octanol–water partition coefficient (Wildman–Crippen LogP) is -0.483. The molecule has 0 aromatic rings. The maximum atomic E-state index is 12.0. The molecule has 1 aliphatic heterocycles. The first-order chi connectivity index (χ1) is 7.47. The van der Waals surface area contributed by atoms with Gasteiger partial charge in [-0.25, -0.2) is 0 Å². The number of thiocarbonyl (C=S) groups is 1. The van der Waals surface area contributed by atoms with Gasteiger partial charge in [0.1, 0.15) is 0 Å². The fourth-order valence-electron chi connectivity index (χ4n) is 1.61. The molecule has 0 bridgehead atoms. The van der Waals surface area contributed by atoms with Crippen LogP contribution in [0, 0.1) is 5.92 Å². The highest BCUT2D eigenvalue weighted by molar-refractivity contribution is 7.80. The first kappa shape index (κ1) is 13.3. The second kappa shape index (κ2) is 5.56. The molecule has 3 unspecified atom stereocenters. The standard InChI is InChI=1S/C10H18N2O3S/c1-6-5-15-8(4-13)3-12(6)10(14)7(2)9(11)16/h6-8,13H,3-5H2,1-2H3,(H2,11,16). The lowest BCUT2D eigenvalue weighted by molar-refractivity contribution is -0.147. The van der Waals surface area contributed by atoms with Gasteiger partial charge in [-0.3, -0.25) is 4.79 Å². The minimum absolute atomic E-state index is 0.00731.